The third-order valence-electron chi connectivity index (χ3n) is 2.92. The lowest BCUT2D eigenvalue weighted by molar-refractivity contribution is -0.120. The van der Waals surface area contributed by atoms with Gasteiger partial charge in [0, 0.05) is 24.4 Å². The zero-order valence-electron chi connectivity index (χ0n) is 9.60. The van der Waals surface area contributed by atoms with Crippen LogP contribution >= 0.6 is 0 Å². The average Bonchev–Trinajstić information content (AvgIpc) is 2.37. The molecule has 0 aliphatic carbocycles. The molecule has 1 fully saturated rings. The fraction of sp³-hybridized carbons (Fsp3) is 0.417. The highest BCUT2D eigenvalue weighted by Crippen LogP contribution is 2.19. The monoisotopic (exact) mass is 258 g/mol. The van der Waals surface area contributed by atoms with Crippen LogP contribution in [0.2, 0.25) is 0 Å². The molecule has 6 heteroatoms. The molecule has 1 amide bonds. The van der Waals surface area contributed by atoms with Gasteiger partial charge in [0.1, 0.15) is 0 Å². The molecular formula is C12H13F3N2O. The lowest BCUT2D eigenvalue weighted by Crippen LogP contribution is -2.37. The zero-order chi connectivity index (χ0) is 13.1. The van der Waals surface area contributed by atoms with Gasteiger partial charge >= 0.3 is 0 Å². The van der Waals surface area contributed by atoms with Gasteiger partial charge in [-0.05, 0) is 19.4 Å². The Bertz CT molecular complexity index is 436. The van der Waals surface area contributed by atoms with Crippen molar-refractivity contribution < 1.29 is 18.0 Å². The molecular weight excluding hydrogens is 245 g/mol. The van der Waals surface area contributed by atoms with E-state index in [0.717, 1.165) is 31.5 Å². The van der Waals surface area contributed by atoms with Crippen LogP contribution in [0.25, 0.3) is 0 Å². The number of piperidine rings is 1. The first-order valence-corrected chi connectivity index (χ1v) is 5.74. The van der Waals surface area contributed by atoms with E-state index < -0.39 is 17.5 Å². The van der Waals surface area contributed by atoms with E-state index in [2.05, 4.69) is 10.6 Å². The molecule has 3 nitrogen and oxygen atoms in total. The Labute approximate surface area is 102 Å². The Morgan fingerprint density at radius 1 is 1.28 bits per heavy atom. The van der Waals surface area contributed by atoms with Crippen molar-refractivity contribution in [1.82, 2.24) is 5.32 Å². The minimum Gasteiger partial charge on any atom is -0.326 e. The van der Waals surface area contributed by atoms with E-state index in [-0.39, 0.29) is 17.5 Å². The van der Waals surface area contributed by atoms with Crippen molar-refractivity contribution in [2.75, 3.05) is 18.4 Å². The maximum Gasteiger partial charge on any atom is 0.228 e. The first-order valence-electron chi connectivity index (χ1n) is 5.74. The molecule has 2 rings (SSSR count). The second kappa shape index (κ2) is 5.39. The number of carbonyl (C=O) groups is 1. The van der Waals surface area contributed by atoms with Gasteiger partial charge in [0.2, 0.25) is 5.91 Å². The van der Waals surface area contributed by atoms with Crippen molar-refractivity contribution in [3.63, 3.8) is 0 Å². The molecule has 2 N–H and O–H groups in total. The number of benzene rings is 1. The number of hydrogen-bond acceptors (Lipinski definition) is 2. The molecule has 1 saturated heterocycles. The molecule has 0 saturated carbocycles. The van der Waals surface area contributed by atoms with Gasteiger partial charge in [-0.25, -0.2) is 13.2 Å². The molecule has 98 valence electrons. The molecule has 18 heavy (non-hydrogen) atoms. The lowest BCUT2D eigenvalue weighted by atomic mass is 9.99. The highest BCUT2D eigenvalue weighted by atomic mass is 19.2. The molecule has 0 bridgehead atoms. The molecule has 0 radical (unpaired) electrons. The van der Waals surface area contributed by atoms with Gasteiger partial charge in [-0.2, -0.15) is 0 Å². The molecule has 1 aliphatic rings. The van der Waals surface area contributed by atoms with Crippen molar-refractivity contribution in [3.8, 4) is 0 Å². The van der Waals surface area contributed by atoms with E-state index >= 15 is 0 Å². The molecule has 0 aromatic heterocycles. The van der Waals surface area contributed by atoms with Crippen LogP contribution in [0.15, 0.2) is 12.1 Å². The van der Waals surface area contributed by atoms with Crippen LogP contribution in [0, 0.1) is 23.4 Å². The Hall–Kier alpha value is -1.56. The standard InChI is InChI=1S/C12H13F3N2O/c13-9-4-8(5-10(14)11(9)15)17-12(18)7-2-1-3-16-6-7/h4-5,7,16H,1-3,6H2,(H,17,18). The predicted molar refractivity (Wildman–Crippen MR) is 60.5 cm³/mol. The van der Waals surface area contributed by atoms with E-state index in [1.54, 1.807) is 0 Å². The summed E-state index contributed by atoms with van der Waals surface area (Å²) in [4.78, 5) is 11.8. The summed E-state index contributed by atoms with van der Waals surface area (Å²) in [5, 5.41) is 5.46. The minimum absolute atomic E-state index is 0.0676. The number of anilines is 1. The second-order valence-electron chi connectivity index (χ2n) is 4.29. The van der Waals surface area contributed by atoms with E-state index in [1.165, 1.54) is 0 Å². The first-order chi connectivity index (χ1) is 8.58. The SMILES string of the molecule is O=C(Nc1cc(F)c(F)c(F)c1)C1CCCNC1. The smallest absolute Gasteiger partial charge is 0.228 e. The van der Waals surface area contributed by atoms with Crippen LogP contribution in [-0.4, -0.2) is 19.0 Å². The van der Waals surface area contributed by atoms with Gasteiger partial charge in [-0.1, -0.05) is 0 Å². The molecule has 1 unspecified atom stereocenters. The first kappa shape index (κ1) is 12.9. The van der Waals surface area contributed by atoms with Crippen molar-refractivity contribution in [1.29, 1.82) is 0 Å². The van der Waals surface area contributed by atoms with E-state index in [0.29, 0.717) is 6.54 Å². The van der Waals surface area contributed by atoms with E-state index in [4.69, 9.17) is 0 Å². The zero-order valence-corrected chi connectivity index (χ0v) is 9.60. The maximum absolute atomic E-state index is 13.0. The Morgan fingerprint density at radius 2 is 1.94 bits per heavy atom. The summed E-state index contributed by atoms with van der Waals surface area (Å²) in [7, 11) is 0. The highest BCUT2D eigenvalue weighted by molar-refractivity contribution is 5.92. The summed E-state index contributed by atoms with van der Waals surface area (Å²) in [5.41, 5.74) is -0.0676. The normalized spacial score (nSPS) is 19.6. The average molecular weight is 258 g/mol. The van der Waals surface area contributed by atoms with Crippen LogP contribution in [0.4, 0.5) is 18.9 Å². The summed E-state index contributed by atoms with van der Waals surface area (Å²) in [6.07, 6.45) is 1.61. The molecule has 1 aromatic carbocycles. The van der Waals surface area contributed by atoms with Crippen LogP contribution < -0.4 is 10.6 Å². The Balaban J connectivity index is 2.06. The van der Waals surface area contributed by atoms with Gasteiger partial charge in [0.05, 0.1) is 5.92 Å². The van der Waals surface area contributed by atoms with Crippen LogP contribution in [0.3, 0.4) is 0 Å². The predicted octanol–water partition coefficient (Wildman–Crippen LogP) is 2.04. The summed E-state index contributed by atoms with van der Waals surface area (Å²) >= 11 is 0. The Kier molecular flexibility index (Phi) is 3.86. The third-order valence-corrected chi connectivity index (χ3v) is 2.92. The largest absolute Gasteiger partial charge is 0.326 e. The van der Waals surface area contributed by atoms with Crippen molar-refractivity contribution in [2.45, 2.75) is 12.8 Å². The number of hydrogen-bond donors (Lipinski definition) is 2. The number of nitrogens with one attached hydrogen (secondary N) is 2. The number of halogens is 3. The van der Waals surface area contributed by atoms with Crippen LogP contribution in [-0.2, 0) is 4.79 Å². The fourth-order valence-corrected chi connectivity index (χ4v) is 1.95. The molecule has 1 aliphatic heterocycles. The molecule has 1 atom stereocenters. The number of carbonyl (C=O) groups excluding carboxylic acids is 1. The topological polar surface area (TPSA) is 41.1 Å². The number of rotatable bonds is 2. The van der Waals surface area contributed by atoms with Crippen molar-refractivity contribution in [2.24, 2.45) is 5.92 Å². The van der Waals surface area contributed by atoms with Gasteiger partial charge in [-0.3, -0.25) is 4.79 Å². The quantitative estimate of drug-likeness (QED) is 0.797. The van der Waals surface area contributed by atoms with Crippen molar-refractivity contribution in [3.05, 3.63) is 29.6 Å². The van der Waals surface area contributed by atoms with Gasteiger partial charge < -0.3 is 10.6 Å². The highest BCUT2D eigenvalue weighted by Gasteiger charge is 2.21. The third kappa shape index (κ3) is 2.81. The fourth-order valence-electron chi connectivity index (χ4n) is 1.95. The van der Waals surface area contributed by atoms with Crippen LogP contribution in [0.5, 0.6) is 0 Å². The van der Waals surface area contributed by atoms with Gasteiger partial charge in [-0.15, -0.1) is 0 Å². The summed E-state index contributed by atoms with van der Waals surface area (Å²) in [5.74, 6) is -4.70. The van der Waals surface area contributed by atoms with Gasteiger partial charge in [0.15, 0.2) is 17.5 Å². The van der Waals surface area contributed by atoms with Gasteiger partial charge in [0.25, 0.3) is 0 Å². The summed E-state index contributed by atoms with van der Waals surface area (Å²) < 4.78 is 38.6. The number of amides is 1. The van der Waals surface area contributed by atoms with Crippen molar-refractivity contribution >= 4 is 11.6 Å². The molecule has 1 aromatic rings. The minimum atomic E-state index is -1.53. The summed E-state index contributed by atoms with van der Waals surface area (Å²) in [6, 6.07) is 1.54. The lowest BCUT2D eigenvalue weighted by Gasteiger charge is -2.21. The molecule has 0 spiro atoms. The maximum atomic E-state index is 13.0. The second-order valence-corrected chi connectivity index (χ2v) is 4.29. The Morgan fingerprint density at radius 3 is 2.50 bits per heavy atom. The van der Waals surface area contributed by atoms with E-state index in [9.17, 15) is 18.0 Å². The summed E-state index contributed by atoms with van der Waals surface area (Å²) in [6.45, 7) is 1.40. The van der Waals surface area contributed by atoms with Crippen LogP contribution in [0.1, 0.15) is 12.8 Å². The molecule has 1 heterocycles. The van der Waals surface area contributed by atoms with E-state index in [1.807, 2.05) is 0 Å².